The molecule has 0 radical (unpaired) electrons. The minimum Gasteiger partial charge on any atom is -0.493 e. The average molecular weight is 301 g/mol. The number of aryl methyl sites for hydroxylation is 1. The summed E-state index contributed by atoms with van der Waals surface area (Å²) in [4.78, 5) is 2.35. The van der Waals surface area contributed by atoms with Crippen molar-refractivity contribution in [3.8, 4) is 5.75 Å². The molecule has 22 heavy (non-hydrogen) atoms. The maximum Gasteiger partial charge on any atom is 0.246 e. The Kier molecular flexibility index (Phi) is 3.56. The molecule has 1 saturated heterocycles. The van der Waals surface area contributed by atoms with Crippen LogP contribution in [0, 0.1) is 6.92 Å². The van der Waals surface area contributed by atoms with Gasteiger partial charge in [0.05, 0.1) is 13.2 Å². The number of ether oxygens (including phenoxy) is 2. The predicted octanol–water partition coefficient (Wildman–Crippen LogP) is 1.89. The number of hydrogen-bond donors (Lipinski definition) is 0. The summed E-state index contributed by atoms with van der Waals surface area (Å²) >= 11 is 0. The molecule has 0 spiro atoms. The smallest absolute Gasteiger partial charge is 0.246 e. The van der Waals surface area contributed by atoms with E-state index in [2.05, 4.69) is 33.3 Å². The van der Waals surface area contributed by atoms with Crippen molar-refractivity contribution in [1.29, 1.82) is 0 Å². The molecule has 1 atom stereocenters. The van der Waals surface area contributed by atoms with Crippen LogP contribution in [0.25, 0.3) is 0 Å². The molecule has 0 saturated carbocycles. The number of benzene rings is 1. The SMILES string of the molecule is Cc1nnc(C2CN(Cc3cccc4c3OCC4)CCO2)o1. The number of hydrogen-bond acceptors (Lipinski definition) is 6. The first-order valence-electron chi connectivity index (χ1n) is 7.67. The molecular formula is C16H19N3O3. The van der Waals surface area contributed by atoms with Crippen LogP contribution in [0.2, 0.25) is 0 Å². The van der Waals surface area contributed by atoms with E-state index in [0.717, 1.165) is 38.4 Å². The number of rotatable bonds is 3. The summed E-state index contributed by atoms with van der Waals surface area (Å²) in [6.07, 6.45) is 0.864. The Bertz CT molecular complexity index is 670. The van der Waals surface area contributed by atoms with Crippen molar-refractivity contribution in [1.82, 2.24) is 15.1 Å². The van der Waals surface area contributed by atoms with Crippen molar-refractivity contribution in [2.75, 3.05) is 26.3 Å². The fourth-order valence-corrected chi connectivity index (χ4v) is 3.09. The van der Waals surface area contributed by atoms with E-state index >= 15 is 0 Å². The number of nitrogens with zero attached hydrogens (tertiary/aromatic N) is 3. The van der Waals surface area contributed by atoms with Crippen LogP contribution in [0.1, 0.15) is 29.0 Å². The van der Waals surface area contributed by atoms with Gasteiger partial charge in [0.1, 0.15) is 11.9 Å². The fraction of sp³-hybridized carbons (Fsp3) is 0.500. The first-order valence-corrected chi connectivity index (χ1v) is 7.67. The summed E-state index contributed by atoms with van der Waals surface area (Å²) in [6, 6.07) is 6.41. The molecule has 2 aromatic rings. The summed E-state index contributed by atoms with van der Waals surface area (Å²) in [6.45, 7) is 5.76. The average Bonchev–Trinajstić information content (AvgIpc) is 3.17. The lowest BCUT2D eigenvalue weighted by Gasteiger charge is -2.31. The van der Waals surface area contributed by atoms with E-state index in [9.17, 15) is 0 Å². The van der Waals surface area contributed by atoms with E-state index in [-0.39, 0.29) is 6.10 Å². The molecule has 0 N–H and O–H groups in total. The molecule has 0 bridgehead atoms. The van der Waals surface area contributed by atoms with Gasteiger partial charge in [-0.1, -0.05) is 18.2 Å². The second-order valence-corrected chi connectivity index (χ2v) is 5.76. The van der Waals surface area contributed by atoms with Crippen LogP contribution in [-0.4, -0.2) is 41.4 Å². The van der Waals surface area contributed by atoms with Gasteiger partial charge in [0.25, 0.3) is 0 Å². The van der Waals surface area contributed by atoms with Gasteiger partial charge >= 0.3 is 0 Å². The maximum absolute atomic E-state index is 5.79. The van der Waals surface area contributed by atoms with Crippen molar-refractivity contribution in [3.63, 3.8) is 0 Å². The Morgan fingerprint density at radius 2 is 2.23 bits per heavy atom. The Hall–Kier alpha value is -1.92. The van der Waals surface area contributed by atoms with Crippen LogP contribution >= 0.6 is 0 Å². The van der Waals surface area contributed by atoms with Gasteiger partial charge in [-0.2, -0.15) is 0 Å². The Balaban J connectivity index is 1.48. The zero-order chi connectivity index (χ0) is 14.9. The van der Waals surface area contributed by atoms with Crippen LogP contribution in [-0.2, 0) is 17.7 Å². The van der Waals surface area contributed by atoms with Crippen molar-refractivity contribution < 1.29 is 13.9 Å². The van der Waals surface area contributed by atoms with E-state index in [1.54, 1.807) is 6.92 Å². The third-order valence-electron chi connectivity index (χ3n) is 4.16. The molecule has 1 fully saturated rings. The van der Waals surface area contributed by atoms with Gasteiger partial charge < -0.3 is 13.9 Å². The molecule has 2 aliphatic heterocycles. The first kappa shape index (κ1) is 13.7. The lowest BCUT2D eigenvalue weighted by Crippen LogP contribution is -2.38. The van der Waals surface area contributed by atoms with Crippen molar-refractivity contribution >= 4 is 0 Å². The van der Waals surface area contributed by atoms with Crippen LogP contribution in [0.4, 0.5) is 0 Å². The topological polar surface area (TPSA) is 60.6 Å². The van der Waals surface area contributed by atoms with Gasteiger partial charge in [-0.15, -0.1) is 10.2 Å². The normalized spacial score (nSPS) is 21.6. The van der Waals surface area contributed by atoms with Crippen molar-refractivity contribution in [3.05, 3.63) is 41.1 Å². The van der Waals surface area contributed by atoms with Gasteiger partial charge in [0, 0.05) is 38.5 Å². The van der Waals surface area contributed by atoms with E-state index in [1.807, 2.05) is 0 Å². The molecule has 1 aromatic carbocycles. The molecule has 0 aliphatic carbocycles. The van der Waals surface area contributed by atoms with E-state index in [0.29, 0.717) is 18.4 Å². The lowest BCUT2D eigenvalue weighted by molar-refractivity contribution is -0.0458. The number of fused-ring (bicyclic) bond motifs is 1. The largest absolute Gasteiger partial charge is 0.493 e. The van der Waals surface area contributed by atoms with Crippen LogP contribution in [0.15, 0.2) is 22.6 Å². The van der Waals surface area contributed by atoms with E-state index < -0.39 is 0 Å². The monoisotopic (exact) mass is 301 g/mol. The van der Waals surface area contributed by atoms with Crippen molar-refractivity contribution in [2.24, 2.45) is 0 Å². The van der Waals surface area contributed by atoms with Gasteiger partial charge in [0.15, 0.2) is 0 Å². The Morgan fingerprint density at radius 1 is 1.27 bits per heavy atom. The molecule has 0 amide bonds. The molecular weight excluding hydrogens is 282 g/mol. The quantitative estimate of drug-likeness (QED) is 0.863. The van der Waals surface area contributed by atoms with Gasteiger partial charge in [-0.05, 0) is 5.56 Å². The molecule has 1 aromatic heterocycles. The lowest BCUT2D eigenvalue weighted by atomic mass is 10.1. The summed E-state index contributed by atoms with van der Waals surface area (Å²) in [5.41, 5.74) is 2.56. The summed E-state index contributed by atoms with van der Waals surface area (Å²) in [5, 5.41) is 7.96. The van der Waals surface area contributed by atoms with Crippen LogP contribution < -0.4 is 4.74 Å². The number of aromatic nitrogens is 2. The first-order chi connectivity index (χ1) is 10.8. The van der Waals surface area contributed by atoms with Gasteiger partial charge in [-0.3, -0.25) is 4.90 Å². The standard InChI is InChI=1S/C16H19N3O3/c1-11-17-18-16(22-11)14-10-19(6-8-20-14)9-13-4-2-3-12-5-7-21-15(12)13/h2-4,14H,5-10H2,1H3. The minimum atomic E-state index is -0.146. The minimum absolute atomic E-state index is 0.146. The fourth-order valence-electron chi connectivity index (χ4n) is 3.09. The summed E-state index contributed by atoms with van der Waals surface area (Å²) in [7, 11) is 0. The molecule has 3 heterocycles. The van der Waals surface area contributed by atoms with Crippen molar-refractivity contribution in [2.45, 2.75) is 26.0 Å². The third-order valence-corrected chi connectivity index (χ3v) is 4.16. The molecule has 116 valence electrons. The molecule has 4 rings (SSSR count). The molecule has 1 unspecified atom stereocenters. The molecule has 2 aliphatic rings. The number of para-hydroxylation sites is 1. The van der Waals surface area contributed by atoms with Gasteiger partial charge in [-0.25, -0.2) is 0 Å². The highest BCUT2D eigenvalue weighted by Crippen LogP contribution is 2.31. The molecule has 6 nitrogen and oxygen atoms in total. The van der Waals surface area contributed by atoms with E-state index in [4.69, 9.17) is 13.9 Å². The second-order valence-electron chi connectivity index (χ2n) is 5.76. The van der Waals surface area contributed by atoms with E-state index in [1.165, 1.54) is 11.1 Å². The third kappa shape index (κ3) is 2.60. The zero-order valence-corrected chi connectivity index (χ0v) is 12.6. The highest BCUT2D eigenvalue weighted by atomic mass is 16.5. The zero-order valence-electron chi connectivity index (χ0n) is 12.6. The van der Waals surface area contributed by atoms with Crippen LogP contribution in [0.3, 0.4) is 0 Å². The molecule has 6 heteroatoms. The van der Waals surface area contributed by atoms with Crippen LogP contribution in [0.5, 0.6) is 5.75 Å². The number of morpholine rings is 1. The summed E-state index contributed by atoms with van der Waals surface area (Å²) in [5.74, 6) is 2.21. The second kappa shape index (κ2) is 5.70. The highest BCUT2D eigenvalue weighted by Gasteiger charge is 2.27. The Morgan fingerprint density at radius 3 is 3.09 bits per heavy atom. The Labute approximate surface area is 129 Å². The maximum atomic E-state index is 5.79. The summed E-state index contributed by atoms with van der Waals surface area (Å²) < 4.78 is 17.1. The predicted molar refractivity (Wildman–Crippen MR) is 78.6 cm³/mol. The van der Waals surface area contributed by atoms with Gasteiger partial charge in [0.2, 0.25) is 11.8 Å². The highest BCUT2D eigenvalue weighted by molar-refractivity contribution is 5.43.